The highest BCUT2D eigenvalue weighted by Crippen LogP contribution is 2.22. The Morgan fingerprint density at radius 3 is 2.33 bits per heavy atom. The van der Waals surface area contributed by atoms with Gasteiger partial charge < -0.3 is 4.74 Å². The summed E-state index contributed by atoms with van der Waals surface area (Å²) in [5.41, 5.74) is -0.272. The summed E-state index contributed by atoms with van der Waals surface area (Å²) in [5, 5.41) is 0. The Bertz CT molecular complexity index is 185. The highest BCUT2D eigenvalue weighted by Gasteiger charge is 2.10. The molecule has 0 saturated carbocycles. The minimum Gasteiger partial charge on any atom is -0.451 e. The average Bonchev–Trinajstić information content (AvgIpc) is 1.99. The van der Waals surface area contributed by atoms with Gasteiger partial charge in [0.2, 0.25) is 0 Å². The topological polar surface area (TPSA) is 26.3 Å². The van der Waals surface area contributed by atoms with Crippen LogP contribution in [0.25, 0.3) is 0 Å². The van der Waals surface area contributed by atoms with Gasteiger partial charge in [-0.3, -0.25) is 0 Å². The Morgan fingerprint density at radius 2 is 1.87 bits per heavy atom. The van der Waals surface area contributed by atoms with Gasteiger partial charge in [0.05, 0.1) is 0 Å². The SMILES string of the molecule is CC(CCCCCC(C)(C)C)OC(=O)Cl. The minimum atomic E-state index is -0.697. The summed E-state index contributed by atoms with van der Waals surface area (Å²) >= 11 is 5.11. The fraction of sp³-hybridized carbons (Fsp3) is 0.917. The molecular weight excluding hydrogens is 212 g/mol. The van der Waals surface area contributed by atoms with Crippen molar-refractivity contribution in [2.75, 3.05) is 0 Å². The molecule has 2 nitrogen and oxygen atoms in total. The molecule has 0 aliphatic heterocycles. The second-order valence-electron chi connectivity index (χ2n) is 5.33. The van der Waals surface area contributed by atoms with Crippen molar-refractivity contribution in [1.82, 2.24) is 0 Å². The molecule has 0 aromatic rings. The third-order valence-electron chi connectivity index (χ3n) is 2.33. The third-order valence-corrected chi connectivity index (χ3v) is 2.42. The highest BCUT2D eigenvalue weighted by atomic mass is 35.5. The molecular formula is C12H23ClO2. The molecule has 0 amide bonds. The van der Waals surface area contributed by atoms with Crippen LogP contribution < -0.4 is 0 Å². The molecule has 1 unspecified atom stereocenters. The van der Waals surface area contributed by atoms with Gasteiger partial charge in [-0.05, 0) is 31.6 Å². The van der Waals surface area contributed by atoms with Crippen molar-refractivity contribution in [2.24, 2.45) is 5.41 Å². The van der Waals surface area contributed by atoms with Gasteiger partial charge in [0.25, 0.3) is 0 Å². The summed E-state index contributed by atoms with van der Waals surface area (Å²) in [4.78, 5) is 10.4. The van der Waals surface area contributed by atoms with Crippen LogP contribution in [-0.4, -0.2) is 11.5 Å². The fourth-order valence-corrected chi connectivity index (χ4v) is 1.63. The minimum absolute atomic E-state index is 0.0513. The van der Waals surface area contributed by atoms with Crippen molar-refractivity contribution in [3.05, 3.63) is 0 Å². The van der Waals surface area contributed by atoms with Gasteiger partial charge in [0, 0.05) is 11.6 Å². The molecule has 0 rings (SSSR count). The summed E-state index contributed by atoms with van der Waals surface area (Å²) < 4.78 is 4.82. The number of hydrogen-bond donors (Lipinski definition) is 0. The highest BCUT2D eigenvalue weighted by molar-refractivity contribution is 6.61. The molecule has 0 aliphatic carbocycles. The van der Waals surface area contributed by atoms with E-state index >= 15 is 0 Å². The normalized spacial score (nSPS) is 13.7. The van der Waals surface area contributed by atoms with Crippen LogP contribution in [0.1, 0.15) is 59.8 Å². The van der Waals surface area contributed by atoms with Crippen LogP contribution in [0.5, 0.6) is 0 Å². The van der Waals surface area contributed by atoms with E-state index in [2.05, 4.69) is 20.8 Å². The van der Waals surface area contributed by atoms with Crippen LogP contribution in [-0.2, 0) is 4.74 Å². The van der Waals surface area contributed by atoms with Gasteiger partial charge in [0.1, 0.15) is 6.10 Å². The van der Waals surface area contributed by atoms with E-state index in [4.69, 9.17) is 16.3 Å². The Hall–Kier alpha value is -0.240. The summed E-state index contributed by atoms with van der Waals surface area (Å²) in [6.45, 7) is 8.64. The van der Waals surface area contributed by atoms with Crippen LogP contribution in [0.15, 0.2) is 0 Å². The van der Waals surface area contributed by atoms with Gasteiger partial charge in [0.15, 0.2) is 0 Å². The number of hydrogen-bond acceptors (Lipinski definition) is 2. The van der Waals surface area contributed by atoms with Crippen molar-refractivity contribution in [3.8, 4) is 0 Å². The van der Waals surface area contributed by atoms with E-state index in [9.17, 15) is 4.79 Å². The molecule has 0 saturated heterocycles. The van der Waals surface area contributed by atoms with Crippen LogP contribution >= 0.6 is 11.6 Å². The molecule has 0 aromatic heterocycles. The maximum absolute atomic E-state index is 10.4. The van der Waals surface area contributed by atoms with Crippen LogP contribution in [0, 0.1) is 5.41 Å². The third kappa shape index (κ3) is 11.7. The lowest BCUT2D eigenvalue weighted by Gasteiger charge is -2.17. The second-order valence-corrected chi connectivity index (χ2v) is 5.63. The molecule has 3 heteroatoms. The molecule has 0 bridgehead atoms. The average molecular weight is 235 g/mol. The standard InChI is InChI=1S/C12H23ClO2/c1-10(15-11(13)14)8-6-5-7-9-12(2,3)4/h10H,5-9H2,1-4H3. The van der Waals surface area contributed by atoms with E-state index in [1.165, 1.54) is 19.3 Å². The molecule has 0 radical (unpaired) electrons. The lowest BCUT2D eigenvalue weighted by Crippen LogP contribution is -2.09. The zero-order valence-electron chi connectivity index (χ0n) is 10.3. The predicted octanol–water partition coefficient (Wildman–Crippen LogP) is 4.75. The Kier molecular flexibility index (Phi) is 6.99. The summed E-state index contributed by atoms with van der Waals surface area (Å²) in [6.07, 6.45) is 5.64. The van der Waals surface area contributed by atoms with Gasteiger partial charge >= 0.3 is 5.43 Å². The molecule has 15 heavy (non-hydrogen) atoms. The zero-order valence-corrected chi connectivity index (χ0v) is 11.1. The number of ether oxygens (including phenoxy) is 1. The lowest BCUT2D eigenvalue weighted by molar-refractivity contribution is 0.124. The van der Waals surface area contributed by atoms with E-state index in [-0.39, 0.29) is 6.10 Å². The van der Waals surface area contributed by atoms with E-state index in [0.29, 0.717) is 5.41 Å². The van der Waals surface area contributed by atoms with Crippen molar-refractivity contribution in [2.45, 2.75) is 65.9 Å². The summed E-state index contributed by atoms with van der Waals surface area (Å²) in [7, 11) is 0. The molecule has 1 atom stereocenters. The van der Waals surface area contributed by atoms with Crippen LogP contribution in [0.2, 0.25) is 0 Å². The quantitative estimate of drug-likeness (QED) is 0.490. The van der Waals surface area contributed by atoms with Gasteiger partial charge in [-0.2, -0.15) is 0 Å². The Balaban J connectivity index is 3.35. The predicted molar refractivity (Wildman–Crippen MR) is 64.3 cm³/mol. The first-order valence-corrected chi connectivity index (χ1v) is 6.05. The van der Waals surface area contributed by atoms with Crippen molar-refractivity contribution >= 4 is 17.0 Å². The second kappa shape index (κ2) is 7.10. The van der Waals surface area contributed by atoms with Crippen LogP contribution in [0.3, 0.4) is 0 Å². The largest absolute Gasteiger partial charge is 0.451 e. The number of carbonyl (C=O) groups excluding carboxylic acids is 1. The molecule has 0 N–H and O–H groups in total. The first-order valence-electron chi connectivity index (χ1n) is 5.67. The van der Waals surface area contributed by atoms with E-state index in [1.807, 2.05) is 6.92 Å². The fourth-order valence-electron chi connectivity index (χ4n) is 1.48. The monoisotopic (exact) mass is 234 g/mol. The van der Waals surface area contributed by atoms with Crippen LogP contribution in [0.4, 0.5) is 4.79 Å². The first-order chi connectivity index (χ1) is 6.81. The zero-order chi connectivity index (χ0) is 11.9. The maximum atomic E-state index is 10.4. The molecule has 0 fully saturated rings. The lowest BCUT2D eigenvalue weighted by atomic mass is 9.89. The van der Waals surface area contributed by atoms with E-state index < -0.39 is 5.43 Å². The van der Waals surface area contributed by atoms with Crippen molar-refractivity contribution < 1.29 is 9.53 Å². The van der Waals surface area contributed by atoms with Gasteiger partial charge in [-0.25, -0.2) is 4.79 Å². The van der Waals surface area contributed by atoms with E-state index in [1.54, 1.807) is 0 Å². The van der Waals surface area contributed by atoms with Gasteiger partial charge in [-0.1, -0.05) is 33.6 Å². The number of unbranched alkanes of at least 4 members (excludes halogenated alkanes) is 2. The number of rotatable bonds is 6. The molecule has 0 spiro atoms. The van der Waals surface area contributed by atoms with Crippen molar-refractivity contribution in [1.29, 1.82) is 0 Å². The molecule has 0 aliphatic rings. The van der Waals surface area contributed by atoms with Crippen molar-refractivity contribution in [3.63, 3.8) is 0 Å². The smallest absolute Gasteiger partial charge is 0.404 e. The Morgan fingerprint density at radius 1 is 1.27 bits per heavy atom. The Labute approximate surface area is 98.3 Å². The molecule has 0 aromatic carbocycles. The number of halogens is 1. The summed E-state index contributed by atoms with van der Waals surface area (Å²) in [5.74, 6) is 0. The van der Waals surface area contributed by atoms with Gasteiger partial charge in [-0.15, -0.1) is 0 Å². The maximum Gasteiger partial charge on any atom is 0.404 e. The van der Waals surface area contributed by atoms with E-state index in [0.717, 1.165) is 12.8 Å². The summed E-state index contributed by atoms with van der Waals surface area (Å²) in [6, 6.07) is 0. The molecule has 90 valence electrons. The number of carbonyl (C=O) groups is 1. The first kappa shape index (κ1) is 14.8. The molecule has 0 heterocycles.